The Hall–Kier alpha value is -0.300. The molecule has 3 nitrogen and oxygen atoms in total. The maximum atomic E-state index is 9.91. The average molecular weight is 572 g/mol. The van der Waals surface area contributed by atoms with E-state index in [0.717, 1.165) is 0 Å². The average Bonchev–Trinajstić information content (AvgIpc) is 3.43. The number of alkyl carbamates (subject to hydrolysis) is 1. The molecule has 0 aliphatic carbocycles. The van der Waals surface area contributed by atoms with E-state index in [-0.39, 0.29) is 6.09 Å². The molecule has 1 amide bonds. The third-order valence-corrected chi connectivity index (χ3v) is 14.5. The molecule has 0 atom stereocenters. The molecule has 0 radical (unpaired) electrons. The largest absolute Gasteiger partial charge is 0.448 e. The van der Waals surface area contributed by atoms with Crippen LogP contribution in [0.2, 0.25) is 0 Å². The van der Waals surface area contributed by atoms with Crippen LogP contribution in [0.3, 0.4) is 0 Å². The van der Waals surface area contributed by atoms with Gasteiger partial charge in [-0.3, -0.25) is 0 Å². The summed E-state index contributed by atoms with van der Waals surface area (Å²) in [7, 11) is -1.04. The number of hydrogen-bond donors (Lipinski definition) is 1. The standard InChI is InChI=1S/C32H69P.C3H5NO2/c1-5-9-13-17-18-19-20-21-22-23-24-28-32-33(29-25-14-10-6-2,30-26-15-11-7-3)31-27-16-12-8-4;5-3-4-1-2-6-3/h33H,5-32H2,1-4H3;1-2H2,(H,4,5). The van der Waals surface area contributed by atoms with E-state index in [1.54, 1.807) is 50.3 Å². The third kappa shape index (κ3) is 26.4. The fraction of sp³-hybridized carbons (Fsp3) is 0.971. The molecule has 1 fully saturated rings. The molecule has 0 aromatic carbocycles. The molecule has 0 aromatic rings. The van der Waals surface area contributed by atoms with Crippen LogP contribution < -0.4 is 5.32 Å². The van der Waals surface area contributed by atoms with Crippen molar-refractivity contribution in [3.05, 3.63) is 0 Å². The van der Waals surface area contributed by atoms with Gasteiger partial charge in [0.15, 0.2) is 0 Å². The van der Waals surface area contributed by atoms with Crippen molar-refractivity contribution in [2.75, 3.05) is 37.8 Å². The summed E-state index contributed by atoms with van der Waals surface area (Å²) >= 11 is 0. The van der Waals surface area contributed by atoms with Crippen molar-refractivity contribution in [1.29, 1.82) is 0 Å². The fourth-order valence-electron chi connectivity index (χ4n) is 6.22. The zero-order valence-electron chi connectivity index (χ0n) is 27.5. The van der Waals surface area contributed by atoms with E-state index in [9.17, 15) is 4.79 Å². The van der Waals surface area contributed by atoms with Crippen LogP contribution in [0.25, 0.3) is 0 Å². The van der Waals surface area contributed by atoms with E-state index in [4.69, 9.17) is 0 Å². The van der Waals surface area contributed by atoms with E-state index in [1.807, 2.05) is 0 Å². The molecule has 0 unspecified atom stereocenters. The zero-order valence-corrected chi connectivity index (χ0v) is 28.5. The van der Waals surface area contributed by atoms with Gasteiger partial charge in [0.2, 0.25) is 0 Å². The quantitative estimate of drug-likeness (QED) is 0.0749. The molecular formula is C35H74NO2P. The Morgan fingerprint density at radius 3 is 1.00 bits per heavy atom. The second-order valence-electron chi connectivity index (χ2n) is 12.6. The number of cyclic esters (lactones) is 1. The minimum atomic E-state index is -1.04. The number of unbranched alkanes of at least 4 members (excludes halogenated alkanes) is 20. The van der Waals surface area contributed by atoms with Gasteiger partial charge in [-0.2, -0.15) is 0 Å². The number of carbonyl (C=O) groups excluding carboxylic acids is 1. The Morgan fingerprint density at radius 1 is 0.487 bits per heavy atom. The van der Waals surface area contributed by atoms with Gasteiger partial charge in [0.05, 0.1) is 6.54 Å². The predicted octanol–water partition coefficient (Wildman–Crippen LogP) is 11.9. The molecule has 1 rings (SSSR count). The number of carbonyl (C=O) groups is 1. The van der Waals surface area contributed by atoms with E-state index in [1.165, 1.54) is 128 Å². The van der Waals surface area contributed by atoms with Crippen LogP contribution in [0.1, 0.15) is 182 Å². The molecule has 1 aliphatic heterocycles. The Kier molecular flexibility index (Phi) is 30.4. The van der Waals surface area contributed by atoms with Gasteiger partial charge in [-0.15, -0.1) is 0 Å². The van der Waals surface area contributed by atoms with Gasteiger partial charge in [0.1, 0.15) is 6.61 Å². The van der Waals surface area contributed by atoms with Crippen LogP contribution in [0, 0.1) is 0 Å². The second kappa shape index (κ2) is 30.7. The van der Waals surface area contributed by atoms with Crippen molar-refractivity contribution in [3.63, 3.8) is 0 Å². The summed E-state index contributed by atoms with van der Waals surface area (Å²) in [6, 6.07) is 0. The summed E-state index contributed by atoms with van der Waals surface area (Å²) in [6.07, 6.45) is 42.0. The topological polar surface area (TPSA) is 38.3 Å². The van der Waals surface area contributed by atoms with Crippen LogP contribution in [0.15, 0.2) is 0 Å². The molecular weight excluding hydrogens is 497 g/mol. The van der Waals surface area contributed by atoms with E-state index < -0.39 is 7.26 Å². The molecule has 1 aliphatic rings. The summed E-state index contributed by atoms with van der Waals surface area (Å²) in [5.74, 6) is 0. The first-order valence-corrected chi connectivity index (χ1v) is 20.9. The van der Waals surface area contributed by atoms with Crippen LogP contribution in [-0.4, -0.2) is 43.9 Å². The maximum Gasteiger partial charge on any atom is 0.407 e. The Bertz CT molecular complexity index is 460. The number of rotatable bonds is 28. The van der Waals surface area contributed by atoms with Crippen molar-refractivity contribution in [2.45, 2.75) is 182 Å². The Balaban J connectivity index is 0.00000210. The molecule has 1 heterocycles. The van der Waals surface area contributed by atoms with Gasteiger partial charge in [-0.1, -0.05) is 13.3 Å². The van der Waals surface area contributed by atoms with Crippen LogP contribution in [0.5, 0.6) is 0 Å². The van der Waals surface area contributed by atoms with Crippen LogP contribution in [-0.2, 0) is 4.74 Å². The van der Waals surface area contributed by atoms with E-state index in [0.29, 0.717) is 13.2 Å². The molecule has 39 heavy (non-hydrogen) atoms. The van der Waals surface area contributed by atoms with Gasteiger partial charge in [0.25, 0.3) is 0 Å². The van der Waals surface area contributed by atoms with Crippen LogP contribution >= 0.6 is 7.26 Å². The smallest absolute Gasteiger partial charge is 0.407 e. The van der Waals surface area contributed by atoms with Crippen LogP contribution in [0.4, 0.5) is 4.79 Å². The fourth-order valence-corrected chi connectivity index (χ4v) is 11.7. The summed E-state index contributed by atoms with van der Waals surface area (Å²) in [6.45, 7) is 10.6. The summed E-state index contributed by atoms with van der Waals surface area (Å²) in [5, 5.41) is 2.46. The van der Waals surface area contributed by atoms with Gasteiger partial charge in [-0.05, 0) is 0 Å². The Labute approximate surface area is 247 Å². The summed E-state index contributed by atoms with van der Waals surface area (Å²) in [4.78, 5) is 9.91. The molecule has 1 N–H and O–H groups in total. The second-order valence-corrected chi connectivity index (χ2v) is 17.6. The van der Waals surface area contributed by atoms with Gasteiger partial charge in [0, 0.05) is 0 Å². The normalized spacial score (nSPS) is 13.6. The number of ether oxygens (including phenoxy) is 1. The van der Waals surface area contributed by atoms with Crippen molar-refractivity contribution in [2.24, 2.45) is 0 Å². The third-order valence-electron chi connectivity index (χ3n) is 8.85. The summed E-state index contributed by atoms with van der Waals surface area (Å²) in [5.41, 5.74) is 0. The minimum Gasteiger partial charge on any atom is -0.448 e. The van der Waals surface area contributed by atoms with Crippen molar-refractivity contribution < 1.29 is 9.53 Å². The zero-order chi connectivity index (χ0) is 28.7. The monoisotopic (exact) mass is 572 g/mol. The molecule has 0 bridgehead atoms. The molecule has 0 saturated carbocycles. The number of nitrogens with one attached hydrogen (secondary N) is 1. The first-order chi connectivity index (χ1) is 19.1. The molecule has 236 valence electrons. The number of amides is 1. The van der Waals surface area contributed by atoms with Crippen molar-refractivity contribution in [1.82, 2.24) is 5.32 Å². The van der Waals surface area contributed by atoms with Crippen molar-refractivity contribution in [3.8, 4) is 0 Å². The SMILES string of the molecule is CCCCCCCCCCCCCC[PH](CCCCCC)(CCCCCC)CCCCCC.O=C1NCCO1. The predicted molar refractivity (Wildman–Crippen MR) is 181 cm³/mol. The molecule has 0 spiro atoms. The summed E-state index contributed by atoms with van der Waals surface area (Å²) < 4.78 is 4.40. The van der Waals surface area contributed by atoms with Gasteiger partial charge in [-0.25, -0.2) is 4.79 Å². The maximum absolute atomic E-state index is 9.91. The molecule has 1 saturated heterocycles. The Morgan fingerprint density at radius 2 is 0.769 bits per heavy atom. The van der Waals surface area contributed by atoms with Gasteiger partial charge >= 0.3 is 206 Å². The van der Waals surface area contributed by atoms with Crippen molar-refractivity contribution >= 4 is 13.4 Å². The van der Waals surface area contributed by atoms with E-state index in [2.05, 4.69) is 37.7 Å². The first kappa shape index (κ1) is 38.7. The van der Waals surface area contributed by atoms with Gasteiger partial charge < -0.3 is 10.1 Å². The number of hydrogen-bond acceptors (Lipinski definition) is 2. The molecule has 0 aromatic heterocycles. The minimum absolute atomic E-state index is 0.296. The molecule has 4 heteroatoms. The first-order valence-electron chi connectivity index (χ1n) is 18.0. The van der Waals surface area contributed by atoms with E-state index >= 15 is 0 Å².